The number of halogens is 1. The number of nitrogens with one attached hydrogen (secondary N) is 3. The highest BCUT2D eigenvalue weighted by Gasteiger charge is 2.39. The molecule has 3 atom stereocenters. The van der Waals surface area contributed by atoms with E-state index in [9.17, 15) is 14.0 Å². The van der Waals surface area contributed by atoms with E-state index in [-0.39, 0.29) is 34.9 Å². The molecule has 2 aromatic carbocycles. The van der Waals surface area contributed by atoms with Crippen molar-refractivity contribution in [1.29, 1.82) is 0 Å². The number of aromatic amines is 1. The van der Waals surface area contributed by atoms with Gasteiger partial charge in [0.1, 0.15) is 11.5 Å². The maximum absolute atomic E-state index is 13.5. The van der Waals surface area contributed by atoms with Crippen LogP contribution in [0, 0.1) is 17.7 Å². The zero-order valence-corrected chi connectivity index (χ0v) is 21.1. The minimum Gasteiger partial charge on any atom is -0.344 e. The molecule has 0 radical (unpaired) electrons. The van der Waals surface area contributed by atoms with Gasteiger partial charge in [-0.05, 0) is 72.7 Å². The van der Waals surface area contributed by atoms with Gasteiger partial charge in [-0.2, -0.15) is 0 Å². The molecule has 3 aliphatic rings. The summed E-state index contributed by atoms with van der Waals surface area (Å²) in [6.45, 7) is 2.24. The molecule has 2 heterocycles. The SMILES string of the molecule is C[C@H]1C2=CNN(c3ccc(F)cc3)C2=CC2=C1[C@@H](CC(NC(=O)c1cccc(=O)[nH]1)c1ccccc1)CC2. The molecule has 192 valence electrons. The number of benzene rings is 2. The highest BCUT2D eigenvalue weighted by Crippen LogP contribution is 2.49. The number of fused-ring (bicyclic) bond motifs is 1. The van der Waals surface area contributed by atoms with Crippen molar-refractivity contribution >= 4 is 11.6 Å². The number of carbonyl (C=O) groups excluding carboxylic acids is 1. The molecule has 1 unspecified atom stereocenters. The van der Waals surface area contributed by atoms with Crippen LogP contribution >= 0.6 is 0 Å². The Labute approximate surface area is 220 Å². The van der Waals surface area contributed by atoms with Gasteiger partial charge < -0.3 is 15.7 Å². The number of nitrogens with zero attached hydrogens (tertiary/aromatic N) is 1. The summed E-state index contributed by atoms with van der Waals surface area (Å²) >= 11 is 0. The fourth-order valence-electron chi connectivity index (χ4n) is 6.03. The average molecular weight is 509 g/mol. The van der Waals surface area contributed by atoms with Crippen molar-refractivity contribution in [3.63, 3.8) is 0 Å². The van der Waals surface area contributed by atoms with Crippen LogP contribution in [0.4, 0.5) is 10.1 Å². The van der Waals surface area contributed by atoms with Crippen LogP contribution in [-0.2, 0) is 0 Å². The lowest BCUT2D eigenvalue weighted by Crippen LogP contribution is -2.32. The minimum absolute atomic E-state index is 0.201. The van der Waals surface area contributed by atoms with Crippen molar-refractivity contribution in [3.8, 4) is 0 Å². The molecule has 38 heavy (non-hydrogen) atoms. The number of pyridine rings is 1. The summed E-state index contributed by atoms with van der Waals surface area (Å²) < 4.78 is 13.5. The molecule has 0 spiro atoms. The van der Waals surface area contributed by atoms with Gasteiger partial charge in [0.25, 0.3) is 5.91 Å². The van der Waals surface area contributed by atoms with Gasteiger partial charge in [0.05, 0.1) is 17.4 Å². The lowest BCUT2D eigenvalue weighted by Gasteiger charge is -2.31. The summed E-state index contributed by atoms with van der Waals surface area (Å²) in [6.07, 6.45) is 7.05. The van der Waals surface area contributed by atoms with Crippen molar-refractivity contribution in [1.82, 2.24) is 15.7 Å². The standard InChI is InChI=1S/C31H29FN4O2/c1-19-25-18-33-36(24-14-12-23(32)13-15-24)28(25)17-22-11-10-21(30(19)22)16-27(20-6-3-2-4-7-20)35-31(38)26-8-5-9-29(37)34-26/h2-9,12-15,17-19,21,27,33H,10-11,16H2,1H3,(H,34,37)(H,35,38)/t19-,21+,27?/m0/s1. The number of anilines is 1. The molecule has 0 bridgehead atoms. The van der Waals surface area contributed by atoms with E-state index in [0.717, 1.165) is 36.2 Å². The first-order valence-corrected chi connectivity index (χ1v) is 13.0. The number of hydrogen-bond donors (Lipinski definition) is 3. The molecule has 3 N–H and O–H groups in total. The lowest BCUT2D eigenvalue weighted by molar-refractivity contribution is 0.0926. The number of carbonyl (C=O) groups is 1. The molecule has 6 rings (SSSR count). The van der Waals surface area contributed by atoms with Gasteiger partial charge in [-0.3, -0.25) is 14.6 Å². The molecule has 0 fully saturated rings. The van der Waals surface area contributed by atoms with Crippen LogP contribution in [0.25, 0.3) is 0 Å². The Hall–Kier alpha value is -4.39. The van der Waals surface area contributed by atoms with Crippen LogP contribution in [0.1, 0.15) is 48.3 Å². The molecule has 2 aliphatic carbocycles. The van der Waals surface area contributed by atoms with Gasteiger partial charge in [-0.15, -0.1) is 0 Å². The first-order chi connectivity index (χ1) is 18.5. The minimum atomic E-state index is -0.300. The predicted molar refractivity (Wildman–Crippen MR) is 145 cm³/mol. The van der Waals surface area contributed by atoms with Gasteiger partial charge in [-0.25, -0.2) is 4.39 Å². The van der Waals surface area contributed by atoms with Gasteiger partial charge in [0.2, 0.25) is 5.56 Å². The van der Waals surface area contributed by atoms with E-state index >= 15 is 0 Å². The van der Waals surface area contributed by atoms with E-state index in [0.29, 0.717) is 5.92 Å². The molecule has 1 aliphatic heterocycles. The fraction of sp³-hybridized carbons (Fsp3) is 0.226. The number of rotatable bonds is 6. The molecule has 1 aromatic heterocycles. The first-order valence-electron chi connectivity index (χ1n) is 13.0. The summed E-state index contributed by atoms with van der Waals surface area (Å²) in [5.41, 5.74) is 10.3. The number of amides is 1. The lowest BCUT2D eigenvalue weighted by atomic mass is 9.78. The first kappa shape index (κ1) is 24.0. The van der Waals surface area contributed by atoms with Crippen LogP contribution < -0.4 is 21.3 Å². The molecule has 0 saturated heterocycles. The third-order valence-corrected chi connectivity index (χ3v) is 7.83. The Bertz CT molecular complexity index is 1520. The van der Waals surface area contributed by atoms with Crippen LogP contribution in [0.15, 0.2) is 112 Å². The summed E-state index contributed by atoms with van der Waals surface area (Å²) in [5, 5.41) is 5.19. The Morgan fingerprint density at radius 1 is 1.08 bits per heavy atom. The Morgan fingerprint density at radius 3 is 2.63 bits per heavy atom. The predicted octanol–water partition coefficient (Wildman–Crippen LogP) is 5.52. The largest absolute Gasteiger partial charge is 0.344 e. The summed E-state index contributed by atoms with van der Waals surface area (Å²) in [4.78, 5) is 27.5. The molecule has 0 saturated carbocycles. The zero-order chi connectivity index (χ0) is 26.2. The highest BCUT2D eigenvalue weighted by molar-refractivity contribution is 5.92. The Morgan fingerprint density at radius 2 is 1.87 bits per heavy atom. The summed E-state index contributed by atoms with van der Waals surface area (Å²) in [5.74, 6) is -0.0262. The number of hydrogen-bond acceptors (Lipinski definition) is 4. The number of allylic oxidation sites excluding steroid dienone is 4. The number of hydrazine groups is 1. The van der Waals surface area contributed by atoms with Crippen molar-refractivity contribution in [2.24, 2.45) is 11.8 Å². The van der Waals surface area contributed by atoms with Crippen molar-refractivity contribution < 1.29 is 9.18 Å². The zero-order valence-electron chi connectivity index (χ0n) is 21.1. The molecular formula is C31H29FN4O2. The maximum Gasteiger partial charge on any atom is 0.268 e. The van der Waals surface area contributed by atoms with E-state index in [2.05, 4.69) is 28.7 Å². The summed E-state index contributed by atoms with van der Waals surface area (Å²) in [7, 11) is 0. The van der Waals surface area contributed by atoms with Crippen LogP contribution in [0.2, 0.25) is 0 Å². The monoisotopic (exact) mass is 508 g/mol. The van der Waals surface area contributed by atoms with Crippen LogP contribution in [-0.4, -0.2) is 10.9 Å². The molecule has 1 amide bonds. The smallest absolute Gasteiger partial charge is 0.268 e. The van der Waals surface area contributed by atoms with Gasteiger partial charge >= 0.3 is 0 Å². The fourth-order valence-corrected chi connectivity index (χ4v) is 6.03. The maximum atomic E-state index is 13.5. The quantitative estimate of drug-likeness (QED) is 0.410. The molecule has 6 nitrogen and oxygen atoms in total. The van der Waals surface area contributed by atoms with Crippen LogP contribution in [0.3, 0.4) is 0 Å². The highest BCUT2D eigenvalue weighted by atomic mass is 19.1. The van der Waals surface area contributed by atoms with E-state index in [1.54, 1.807) is 24.3 Å². The Balaban J connectivity index is 1.28. The topological polar surface area (TPSA) is 77.2 Å². The second kappa shape index (κ2) is 9.82. The average Bonchev–Trinajstić information content (AvgIpc) is 3.54. The third-order valence-electron chi connectivity index (χ3n) is 7.83. The van der Waals surface area contributed by atoms with Crippen molar-refractivity contribution in [3.05, 3.63) is 135 Å². The molecule has 3 aromatic rings. The second-order valence-electron chi connectivity index (χ2n) is 10.1. The van der Waals surface area contributed by atoms with Crippen LogP contribution in [0.5, 0.6) is 0 Å². The third kappa shape index (κ3) is 4.45. The second-order valence-corrected chi connectivity index (χ2v) is 10.1. The Kier molecular flexibility index (Phi) is 6.19. The number of H-pyrrole nitrogens is 1. The van der Waals surface area contributed by atoms with E-state index in [4.69, 9.17) is 0 Å². The normalized spacial score (nSPS) is 20.7. The summed E-state index contributed by atoms with van der Waals surface area (Å²) in [6, 6.07) is 20.9. The van der Waals surface area contributed by atoms with E-state index in [1.165, 1.54) is 34.9 Å². The van der Waals surface area contributed by atoms with Crippen molar-refractivity contribution in [2.45, 2.75) is 32.2 Å². The van der Waals surface area contributed by atoms with Crippen molar-refractivity contribution in [2.75, 3.05) is 5.01 Å². The van der Waals surface area contributed by atoms with Gasteiger partial charge in [-0.1, -0.05) is 48.9 Å². The molecule has 7 heteroatoms. The van der Waals surface area contributed by atoms with E-state index < -0.39 is 0 Å². The van der Waals surface area contributed by atoms with Gasteiger partial charge in [0.15, 0.2) is 0 Å². The van der Waals surface area contributed by atoms with Gasteiger partial charge in [0, 0.05) is 23.8 Å². The van der Waals surface area contributed by atoms with E-state index in [1.807, 2.05) is 41.5 Å². The number of aromatic nitrogens is 1. The molecular weight excluding hydrogens is 479 g/mol.